The number of hydrogen-bond acceptors (Lipinski definition) is 1. The fraction of sp³-hybridized carbons (Fsp3) is 0. The Bertz CT molecular complexity index is 49.6. The molecule has 0 aromatic carbocycles. The summed E-state index contributed by atoms with van der Waals surface area (Å²) >= 11 is 2.17. The molecule has 0 spiro atoms. The van der Waals surface area contributed by atoms with E-state index in [0.29, 0.717) is 0 Å². The van der Waals surface area contributed by atoms with Crippen molar-refractivity contribution in [2.45, 2.75) is 0 Å². The number of nitrogens with two attached hydrogens (primary N) is 1. The Hall–Kier alpha value is -0.0756. The number of nitrogens with zero attached hydrogens (tertiary/aromatic N) is 1. The monoisotopic (exact) mass is 107 g/mol. The van der Waals surface area contributed by atoms with E-state index in [0.717, 1.165) is 0 Å². The van der Waals surface area contributed by atoms with Crippen LogP contribution in [0.15, 0.2) is 4.99 Å². The van der Waals surface area contributed by atoms with Crippen molar-refractivity contribution in [3.63, 3.8) is 0 Å². The summed E-state index contributed by atoms with van der Waals surface area (Å²) in [6, 6.07) is 0. The Balaban J connectivity index is 2.92. The van der Waals surface area contributed by atoms with Gasteiger partial charge in [0.2, 0.25) is 0 Å². The molecule has 0 aromatic heterocycles. The Kier molecular flexibility index (Phi) is 3.87. The fourth-order valence-electron chi connectivity index (χ4n) is 0.0385. The quantitative estimate of drug-likeness (QED) is 0.348. The van der Waals surface area contributed by atoms with E-state index in [-0.39, 0.29) is 0 Å². The zero-order valence-electron chi connectivity index (χ0n) is 2.63. The average molecular weight is 107 g/mol. The molecule has 0 aliphatic carbocycles. The van der Waals surface area contributed by atoms with E-state index in [1.807, 2.05) is 0 Å². The number of hydrogen-bond donors (Lipinski definition) is 1. The molecule has 0 unspecified atom stereocenters. The summed E-state index contributed by atoms with van der Waals surface area (Å²) in [5, 5.41) is 0. The zero-order chi connectivity index (χ0) is 4.12. The van der Waals surface area contributed by atoms with E-state index in [1.165, 1.54) is 6.34 Å². The second-order valence-corrected chi connectivity index (χ2v) is 0.774. The second-order valence-electron chi connectivity index (χ2n) is 0.414. The van der Waals surface area contributed by atoms with Crippen molar-refractivity contribution in [3.8, 4) is 0 Å². The number of aliphatic imine (C=N–C) groups is 1. The maximum absolute atomic E-state index is 4.81. The molecule has 0 aliphatic heterocycles. The first-order chi connectivity index (χ1) is 2.41. The molecule has 0 fully saturated rings. The van der Waals surface area contributed by atoms with Crippen LogP contribution in [-0.4, -0.2) is 11.2 Å². The van der Waals surface area contributed by atoms with Crippen molar-refractivity contribution in [1.29, 1.82) is 0 Å². The third kappa shape index (κ3) is 3.92. The van der Waals surface area contributed by atoms with Gasteiger partial charge in [-0.15, -0.1) is 0 Å². The number of rotatable bonds is 1. The van der Waals surface area contributed by atoms with Gasteiger partial charge in [-0.25, -0.2) is 0 Å². The van der Waals surface area contributed by atoms with Gasteiger partial charge in [0, 0.05) is 0 Å². The molecule has 0 rings (SSSR count). The van der Waals surface area contributed by atoms with E-state index in [4.69, 9.17) is 5.73 Å². The molecule has 0 aliphatic rings. The van der Waals surface area contributed by atoms with Gasteiger partial charge in [-0.1, -0.05) is 0 Å². The normalized spacial score (nSPS) is 8.60. The van der Waals surface area contributed by atoms with Gasteiger partial charge in [0.05, 0.1) is 0 Å². The second kappa shape index (κ2) is 3.92. The van der Waals surface area contributed by atoms with Crippen LogP contribution in [0.1, 0.15) is 0 Å². The standard InChI is InChI=1S/C2H4N2.V/c1-4-2-3;/h1-2H,3H2;. The molecule has 0 radical (unpaired) electrons. The van der Waals surface area contributed by atoms with E-state index in [2.05, 4.69) is 22.0 Å². The van der Waals surface area contributed by atoms with Gasteiger partial charge in [0.25, 0.3) is 0 Å². The summed E-state index contributed by atoms with van der Waals surface area (Å²) < 4.78 is 0. The predicted molar refractivity (Wildman–Crippen MR) is 18.7 cm³/mol. The molecule has 2 N–H and O–H groups in total. The Morgan fingerprint density at radius 1 is 1.80 bits per heavy atom. The van der Waals surface area contributed by atoms with Crippen LogP contribution in [0.5, 0.6) is 0 Å². The van der Waals surface area contributed by atoms with E-state index >= 15 is 0 Å². The predicted octanol–water partition coefficient (Wildman–Crippen LogP) is -0.720. The van der Waals surface area contributed by atoms with E-state index in [9.17, 15) is 0 Å². The SMILES string of the molecule is NC=N[CH]=[V]. The zero-order valence-corrected chi connectivity index (χ0v) is 4.02. The Labute approximate surface area is 39.6 Å². The van der Waals surface area contributed by atoms with Crippen molar-refractivity contribution in [2.24, 2.45) is 10.7 Å². The van der Waals surface area contributed by atoms with E-state index < -0.39 is 0 Å². The first kappa shape index (κ1) is 4.92. The van der Waals surface area contributed by atoms with Crippen molar-refractivity contribution in [2.75, 3.05) is 0 Å². The third-order valence-corrected chi connectivity index (χ3v) is 0.361. The van der Waals surface area contributed by atoms with Crippen LogP contribution in [-0.2, 0) is 17.0 Å². The van der Waals surface area contributed by atoms with Gasteiger partial charge in [0.1, 0.15) is 0 Å². The molecule has 0 saturated heterocycles. The van der Waals surface area contributed by atoms with Crippen LogP contribution in [0.25, 0.3) is 0 Å². The van der Waals surface area contributed by atoms with Crippen molar-refractivity contribution in [1.82, 2.24) is 0 Å². The van der Waals surface area contributed by atoms with Crippen molar-refractivity contribution < 1.29 is 17.0 Å². The van der Waals surface area contributed by atoms with Crippen LogP contribution in [0, 0.1) is 0 Å². The van der Waals surface area contributed by atoms with Crippen LogP contribution in [0.2, 0.25) is 0 Å². The van der Waals surface area contributed by atoms with Gasteiger partial charge in [-0.2, -0.15) is 0 Å². The molecule has 3 heteroatoms. The Morgan fingerprint density at radius 3 is 2.40 bits per heavy atom. The average Bonchev–Trinajstić information content (AvgIpc) is 1.41. The van der Waals surface area contributed by atoms with E-state index in [1.54, 1.807) is 4.85 Å². The molecular formula is C2H4N2V. The summed E-state index contributed by atoms with van der Waals surface area (Å²) in [5.41, 5.74) is 4.81. The minimum absolute atomic E-state index is 1.23. The van der Waals surface area contributed by atoms with Gasteiger partial charge in [-0.05, 0) is 0 Å². The van der Waals surface area contributed by atoms with Crippen LogP contribution < -0.4 is 5.73 Å². The minimum atomic E-state index is 1.23. The van der Waals surface area contributed by atoms with Gasteiger partial charge >= 0.3 is 38.9 Å². The molecular weight excluding hydrogens is 103 g/mol. The van der Waals surface area contributed by atoms with Crippen molar-refractivity contribution in [3.05, 3.63) is 0 Å². The van der Waals surface area contributed by atoms with Gasteiger partial charge < -0.3 is 0 Å². The summed E-state index contributed by atoms with van der Waals surface area (Å²) in [6.07, 6.45) is 1.23. The van der Waals surface area contributed by atoms with Crippen molar-refractivity contribution >= 4 is 11.2 Å². The summed E-state index contributed by atoms with van der Waals surface area (Å²) in [7, 11) is 0. The van der Waals surface area contributed by atoms with Gasteiger partial charge in [0.15, 0.2) is 0 Å². The fourth-order valence-corrected chi connectivity index (χ4v) is 0.159. The third-order valence-electron chi connectivity index (χ3n) is 0.153. The summed E-state index contributed by atoms with van der Waals surface area (Å²) in [5.74, 6) is 0. The van der Waals surface area contributed by atoms with Gasteiger partial charge in [-0.3, -0.25) is 0 Å². The molecule has 5 heavy (non-hydrogen) atoms. The maximum atomic E-state index is 4.81. The van der Waals surface area contributed by atoms with Crippen LogP contribution >= 0.6 is 0 Å². The molecule has 27 valence electrons. The topological polar surface area (TPSA) is 38.4 Å². The molecule has 0 bridgehead atoms. The molecule has 0 amide bonds. The summed E-state index contributed by atoms with van der Waals surface area (Å²) in [4.78, 5) is 5.03. The first-order valence-corrected chi connectivity index (χ1v) is 1.91. The van der Waals surface area contributed by atoms with Crippen LogP contribution in [0.3, 0.4) is 0 Å². The Morgan fingerprint density at radius 2 is 2.40 bits per heavy atom. The molecule has 0 saturated carbocycles. The molecule has 0 atom stereocenters. The summed E-state index contributed by atoms with van der Waals surface area (Å²) in [6.45, 7) is 0. The molecule has 0 heterocycles. The van der Waals surface area contributed by atoms with Crippen LogP contribution in [0.4, 0.5) is 0 Å². The first-order valence-electron chi connectivity index (χ1n) is 1.11. The molecule has 0 aromatic rings. The molecule has 2 nitrogen and oxygen atoms in total.